The third-order valence-electron chi connectivity index (χ3n) is 1.62. The quantitative estimate of drug-likeness (QED) is 0.545. The van der Waals surface area contributed by atoms with Crippen LogP contribution in [0.5, 0.6) is 0 Å². The Kier molecular flexibility index (Phi) is 5.70. The molecule has 1 aliphatic heterocycles. The predicted molar refractivity (Wildman–Crippen MR) is 47.3 cm³/mol. The van der Waals surface area contributed by atoms with E-state index in [1.165, 1.54) is 25.9 Å². The first kappa shape index (κ1) is 9.96. The fraction of sp³-hybridized carbons (Fsp3) is 1.00. The van der Waals surface area contributed by atoms with Crippen LogP contribution in [0.1, 0.15) is 40.5 Å². The van der Waals surface area contributed by atoms with Crippen molar-refractivity contribution >= 4 is 0 Å². The highest BCUT2D eigenvalue weighted by Gasteiger charge is 2.15. The predicted octanol–water partition coefficient (Wildman–Crippen LogP) is 2.52. The van der Waals surface area contributed by atoms with E-state index in [0.717, 1.165) is 6.04 Å². The van der Waals surface area contributed by atoms with E-state index in [1.807, 2.05) is 0 Å². The van der Waals surface area contributed by atoms with Gasteiger partial charge in [-0.15, -0.1) is 0 Å². The maximum atomic E-state index is 2.47. The Balaban J connectivity index is 0.000000236. The van der Waals surface area contributed by atoms with Crippen LogP contribution in [0.15, 0.2) is 0 Å². The molecule has 1 saturated heterocycles. The maximum absolute atomic E-state index is 2.47. The van der Waals surface area contributed by atoms with Crippen LogP contribution in [0.3, 0.4) is 0 Å². The monoisotopic (exact) mass is 143 g/mol. The summed E-state index contributed by atoms with van der Waals surface area (Å²) in [5.74, 6) is 0. The van der Waals surface area contributed by atoms with E-state index in [4.69, 9.17) is 0 Å². The minimum atomic E-state index is 0.786. The molecule has 1 fully saturated rings. The normalized spacial score (nSPS) is 17.7. The zero-order valence-electron chi connectivity index (χ0n) is 7.85. The van der Waals surface area contributed by atoms with Crippen LogP contribution in [0.4, 0.5) is 0 Å². The molecule has 10 heavy (non-hydrogen) atoms. The first-order valence-corrected chi connectivity index (χ1v) is 4.46. The second-order valence-electron chi connectivity index (χ2n) is 3.19. The second kappa shape index (κ2) is 5.72. The number of hydrogen-bond acceptors (Lipinski definition) is 1. The Hall–Kier alpha value is -0.0400. The molecule has 62 valence electrons. The average molecular weight is 143 g/mol. The molecule has 0 amide bonds. The van der Waals surface area contributed by atoms with Crippen LogP contribution in [0.25, 0.3) is 0 Å². The third-order valence-corrected chi connectivity index (χ3v) is 1.62. The lowest BCUT2D eigenvalue weighted by Crippen LogP contribution is -2.41. The van der Waals surface area contributed by atoms with Gasteiger partial charge >= 0.3 is 0 Å². The van der Waals surface area contributed by atoms with E-state index in [-0.39, 0.29) is 0 Å². The van der Waals surface area contributed by atoms with E-state index in [0.29, 0.717) is 0 Å². The van der Waals surface area contributed by atoms with Gasteiger partial charge in [0.15, 0.2) is 0 Å². The number of hydrogen-bond donors (Lipinski definition) is 0. The summed E-state index contributed by atoms with van der Waals surface area (Å²) < 4.78 is 0. The summed E-state index contributed by atoms with van der Waals surface area (Å²) in [7, 11) is 0. The van der Waals surface area contributed by atoms with Crippen LogP contribution in [0, 0.1) is 0 Å². The lowest BCUT2D eigenvalue weighted by Gasteiger charge is -2.34. The summed E-state index contributed by atoms with van der Waals surface area (Å²) in [5.41, 5.74) is 0. The summed E-state index contributed by atoms with van der Waals surface area (Å²) in [4.78, 5) is 2.47. The van der Waals surface area contributed by atoms with Crippen LogP contribution < -0.4 is 0 Å². The van der Waals surface area contributed by atoms with Crippen molar-refractivity contribution in [1.82, 2.24) is 4.90 Å². The molecule has 0 radical (unpaired) electrons. The van der Waals surface area contributed by atoms with Crippen molar-refractivity contribution in [3.63, 3.8) is 0 Å². The van der Waals surface area contributed by atoms with Crippen molar-refractivity contribution in [2.24, 2.45) is 0 Å². The molecule has 1 aliphatic rings. The van der Waals surface area contributed by atoms with Gasteiger partial charge in [-0.2, -0.15) is 0 Å². The van der Waals surface area contributed by atoms with Crippen molar-refractivity contribution in [2.75, 3.05) is 13.1 Å². The van der Waals surface area contributed by atoms with Gasteiger partial charge in [0.25, 0.3) is 0 Å². The summed E-state index contributed by atoms with van der Waals surface area (Å²) >= 11 is 0. The van der Waals surface area contributed by atoms with E-state index >= 15 is 0 Å². The van der Waals surface area contributed by atoms with Gasteiger partial charge < -0.3 is 4.90 Å². The summed E-state index contributed by atoms with van der Waals surface area (Å²) in [6.07, 6.45) is 2.66. The summed E-state index contributed by atoms with van der Waals surface area (Å²) in [6.45, 7) is 11.4. The maximum Gasteiger partial charge on any atom is 0.00386 e. The van der Waals surface area contributed by atoms with Crippen molar-refractivity contribution in [1.29, 1.82) is 0 Å². The van der Waals surface area contributed by atoms with Gasteiger partial charge in [-0.25, -0.2) is 0 Å². The topological polar surface area (TPSA) is 3.24 Å². The molecule has 1 heteroatoms. The van der Waals surface area contributed by atoms with E-state index < -0.39 is 0 Å². The van der Waals surface area contributed by atoms with Gasteiger partial charge in [-0.3, -0.25) is 0 Å². The highest BCUT2D eigenvalue weighted by molar-refractivity contribution is 4.71. The minimum Gasteiger partial charge on any atom is -0.301 e. The van der Waals surface area contributed by atoms with E-state index in [2.05, 4.69) is 32.6 Å². The molecule has 0 saturated carbocycles. The number of nitrogens with zero attached hydrogens (tertiary/aromatic N) is 1. The summed E-state index contributed by atoms with van der Waals surface area (Å²) in [5, 5.41) is 0. The number of likely N-dealkylation sites (tertiary alicyclic amines) is 1. The molecule has 0 spiro atoms. The van der Waals surface area contributed by atoms with Crippen LogP contribution in [0.2, 0.25) is 0 Å². The standard InChI is InChI=1S/C6H13N.C3H8/c1-6(2)7-4-3-5-7;1-3-2/h6H,3-5H2,1-2H3;3H2,1-2H3. The summed E-state index contributed by atoms with van der Waals surface area (Å²) in [6, 6.07) is 0.786. The largest absolute Gasteiger partial charge is 0.301 e. The van der Waals surface area contributed by atoms with Gasteiger partial charge in [0.05, 0.1) is 0 Å². The second-order valence-corrected chi connectivity index (χ2v) is 3.19. The highest BCUT2D eigenvalue weighted by Crippen LogP contribution is 2.08. The minimum absolute atomic E-state index is 0.786. The molecule has 1 nitrogen and oxygen atoms in total. The molecule has 0 atom stereocenters. The lowest BCUT2D eigenvalue weighted by atomic mass is 10.2. The molecule has 1 heterocycles. The first-order chi connectivity index (χ1) is 4.72. The van der Waals surface area contributed by atoms with Gasteiger partial charge in [-0.05, 0) is 33.4 Å². The Morgan fingerprint density at radius 1 is 1.20 bits per heavy atom. The molecule has 0 aromatic rings. The van der Waals surface area contributed by atoms with E-state index in [9.17, 15) is 0 Å². The smallest absolute Gasteiger partial charge is 0.00386 e. The highest BCUT2D eigenvalue weighted by atomic mass is 15.2. The third kappa shape index (κ3) is 3.89. The number of rotatable bonds is 1. The van der Waals surface area contributed by atoms with E-state index in [1.54, 1.807) is 0 Å². The Morgan fingerprint density at radius 3 is 1.60 bits per heavy atom. The molecule has 0 bridgehead atoms. The zero-order chi connectivity index (χ0) is 7.98. The molecule has 0 aromatic carbocycles. The van der Waals surface area contributed by atoms with Crippen molar-refractivity contribution in [3.05, 3.63) is 0 Å². The first-order valence-electron chi connectivity index (χ1n) is 4.46. The average Bonchev–Trinajstić information content (AvgIpc) is 1.59. The Bertz CT molecular complexity index is 65.1. The van der Waals surface area contributed by atoms with Crippen LogP contribution in [-0.2, 0) is 0 Å². The van der Waals surface area contributed by atoms with Gasteiger partial charge in [0.1, 0.15) is 0 Å². The van der Waals surface area contributed by atoms with Crippen LogP contribution >= 0.6 is 0 Å². The molecule has 0 aromatic heterocycles. The van der Waals surface area contributed by atoms with Crippen molar-refractivity contribution in [3.8, 4) is 0 Å². The lowest BCUT2D eigenvalue weighted by molar-refractivity contribution is 0.138. The molecule has 0 unspecified atom stereocenters. The Morgan fingerprint density at radius 2 is 1.60 bits per heavy atom. The van der Waals surface area contributed by atoms with Crippen LogP contribution in [-0.4, -0.2) is 24.0 Å². The van der Waals surface area contributed by atoms with Crippen molar-refractivity contribution in [2.45, 2.75) is 46.6 Å². The van der Waals surface area contributed by atoms with Crippen molar-refractivity contribution < 1.29 is 0 Å². The Labute approximate surface area is 65.4 Å². The van der Waals surface area contributed by atoms with Gasteiger partial charge in [0, 0.05) is 6.04 Å². The molecular formula is C9H21N. The fourth-order valence-electron chi connectivity index (χ4n) is 0.857. The SMILES string of the molecule is CC(C)N1CCC1.CCC. The van der Waals surface area contributed by atoms with Gasteiger partial charge in [0.2, 0.25) is 0 Å². The molecule has 0 aliphatic carbocycles. The zero-order valence-corrected chi connectivity index (χ0v) is 7.85. The van der Waals surface area contributed by atoms with Gasteiger partial charge in [-0.1, -0.05) is 20.3 Å². The fourth-order valence-corrected chi connectivity index (χ4v) is 0.857. The molecule has 1 rings (SSSR count). The molecule has 0 N–H and O–H groups in total. The molecular weight excluding hydrogens is 122 g/mol.